The number of methoxy groups -OCH3 is 1. The van der Waals surface area contributed by atoms with Gasteiger partial charge in [-0.05, 0) is 38.8 Å². The summed E-state index contributed by atoms with van der Waals surface area (Å²) >= 11 is 0. The molecule has 116 valence electrons. The van der Waals surface area contributed by atoms with Gasteiger partial charge in [0, 0.05) is 19.1 Å². The minimum atomic E-state index is 0.417. The number of nitrogen functional groups attached to an aromatic ring is 1. The van der Waals surface area contributed by atoms with Crippen LogP contribution in [0.2, 0.25) is 0 Å². The molecule has 2 saturated heterocycles. The Morgan fingerprint density at radius 3 is 2.48 bits per heavy atom. The quantitative estimate of drug-likeness (QED) is 0.911. The lowest BCUT2D eigenvalue weighted by Crippen LogP contribution is -2.47. The smallest absolute Gasteiger partial charge is 0.204 e. The standard InChI is InChI=1S/C15H25N5O/c1-21-13-14(16)17-11-18-15(13)20-9-5-12(6-10-20)19-7-3-2-4-8-19/h11-12H,2-10H2,1H3,(H2,16,17,18). The average Bonchev–Trinajstić information content (AvgIpc) is 2.55. The van der Waals surface area contributed by atoms with E-state index in [1.165, 1.54) is 51.5 Å². The monoisotopic (exact) mass is 291 g/mol. The number of ether oxygens (including phenoxy) is 1. The molecule has 6 nitrogen and oxygen atoms in total. The molecule has 3 rings (SSSR count). The zero-order valence-electron chi connectivity index (χ0n) is 12.8. The summed E-state index contributed by atoms with van der Waals surface area (Å²) < 4.78 is 5.37. The topological polar surface area (TPSA) is 67.5 Å². The van der Waals surface area contributed by atoms with Crippen molar-refractivity contribution in [3.05, 3.63) is 6.33 Å². The maximum absolute atomic E-state index is 5.87. The zero-order valence-corrected chi connectivity index (χ0v) is 12.8. The number of anilines is 2. The van der Waals surface area contributed by atoms with Crippen LogP contribution in [0.5, 0.6) is 5.75 Å². The Hall–Kier alpha value is -1.56. The van der Waals surface area contributed by atoms with Crippen molar-refractivity contribution in [1.82, 2.24) is 14.9 Å². The van der Waals surface area contributed by atoms with Crippen LogP contribution in [0.25, 0.3) is 0 Å². The normalized spacial score (nSPS) is 21.5. The van der Waals surface area contributed by atoms with E-state index < -0.39 is 0 Å². The molecule has 0 amide bonds. The Bertz CT molecular complexity index is 467. The molecule has 0 bridgehead atoms. The Labute approximate surface area is 126 Å². The fourth-order valence-corrected chi connectivity index (χ4v) is 3.52. The molecule has 0 spiro atoms. The fourth-order valence-electron chi connectivity index (χ4n) is 3.52. The van der Waals surface area contributed by atoms with Gasteiger partial charge in [-0.15, -0.1) is 0 Å². The fraction of sp³-hybridized carbons (Fsp3) is 0.733. The Balaban J connectivity index is 1.64. The van der Waals surface area contributed by atoms with Crippen LogP contribution in [0.4, 0.5) is 11.6 Å². The molecule has 3 heterocycles. The van der Waals surface area contributed by atoms with E-state index in [4.69, 9.17) is 10.5 Å². The molecule has 0 saturated carbocycles. The van der Waals surface area contributed by atoms with Crippen molar-refractivity contribution in [2.45, 2.75) is 38.1 Å². The number of rotatable bonds is 3. The van der Waals surface area contributed by atoms with Crippen molar-refractivity contribution in [3.63, 3.8) is 0 Å². The summed E-state index contributed by atoms with van der Waals surface area (Å²) in [6.07, 6.45) is 8.00. The SMILES string of the molecule is COc1c(N)ncnc1N1CCC(N2CCCCC2)CC1. The number of likely N-dealkylation sites (tertiary alicyclic amines) is 1. The average molecular weight is 291 g/mol. The maximum Gasteiger partial charge on any atom is 0.204 e. The lowest BCUT2D eigenvalue weighted by Gasteiger charge is -2.40. The maximum atomic E-state index is 5.87. The minimum absolute atomic E-state index is 0.417. The third-order valence-electron chi connectivity index (χ3n) is 4.69. The van der Waals surface area contributed by atoms with Crippen LogP contribution in [-0.4, -0.2) is 54.2 Å². The first-order valence-corrected chi connectivity index (χ1v) is 7.93. The van der Waals surface area contributed by atoms with E-state index in [1.54, 1.807) is 7.11 Å². The van der Waals surface area contributed by atoms with E-state index in [-0.39, 0.29) is 0 Å². The van der Waals surface area contributed by atoms with Gasteiger partial charge in [-0.2, -0.15) is 0 Å². The molecule has 6 heteroatoms. The Morgan fingerprint density at radius 2 is 1.81 bits per heavy atom. The summed E-state index contributed by atoms with van der Waals surface area (Å²) in [4.78, 5) is 13.3. The predicted molar refractivity (Wildman–Crippen MR) is 83.7 cm³/mol. The molecule has 0 atom stereocenters. The molecule has 0 aromatic carbocycles. The molecule has 2 fully saturated rings. The van der Waals surface area contributed by atoms with Crippen molar-refractivity contribution in [2.24, 2.45) is 0 Å². The summed E-state index contributed by atoms with van der Waals surface area (Å²) in [6, 6.07) is 0.728. The van der Waals surface area contributed by atoms with Gasteiger partial charge in [0.1, 0.15) is 6.33 Å². The van der Waals surface area contributed by atoms with Gasteiger partial charge in [-0.25, -0.2) is 9.97 Å². The van der Waals surface area contributed by atoms with E-state index in [9.17, 15) is 0 Å². The van der Waals surface area contributed by atoms with Crippen LogP contribution < -0.4 is 15.4 Å². The first kappa shape index (κ1) is 14.4. The molecule has 0 aliphatic carbocycles. The van der Waals surface area contributed by atoms with Gasteiger partial charge in [-0.3, -0.25) is 0 Å². The van der Waals surface area contributed by atoms with E-state index in [1.807, 2.05) is 0 Å². The predicted octanol–water partition coefficient (Wildman–Crippen LogP) is 1.52. The van der Waals surface area contributed by atoms with Gasteiger partial charge >= 0.3 is 0 Å². The molecule has 0 unspecified atom stereocenters. The first-order valence-electron chi connectivity index (χ1n) is 7.93. The van der Waals surface area contributed by atoms with Crippen LogP contribution in [0.15, 0.2) is 6.33 Å². The highest BCUT2D eigenvalue weighted by molar-refractivity contribution is 5.62. The molecule has 0 radical (unpaired) electrons. The van der Waals surface area contributed by atoms with Crippen LogP contribution >= 0.6 is 0 Å². The highest BCUT2D eigenvalue weighted by Crippen LogP contribution is 2.32. The van der Waals surface area contributed by atoms with E-state index in [0.717, 1.165) is 24.9 Å². The number of hydrogen-bond donors (Lipinski definition) is 1. The highest BCUT2D eigenvalue weighted by Gasteiger charge is 2.27. The van der Waals surface area contributed by atoms with Crippen LogP contribution in [-0.2, 0) is 0 Å². The summed E-state index contributed by atoms with van der Waals surface area (Å²) in [5.41, 5.74) is 5.87. The molecular weight excluding hydrogens is 266 g/mol. The van der Waals surface area contributed by atoms with Gasteiger partial charge in [0.05, 0.1) is 7.11 Å². The summed E-state index contributed by atoms with van der Waals surface area (Å²) in [6.45, 7) is 4.56. The molecule has 1 aromatic rings. The van der Waals surface area contributed by atoms with Gasteiger partial charge in [-0.1, -0.05) is 6.42 Å². The summed E-state index contributed by atoms with van der Waals surface area (Å²) in [5.74, 6) is 1.86. The highest BCUT2D eigenvalue weighted by atomic mass is 16.5. The lowest BCUT2D eigenvalue weighted by atomic mass is 10.00. The van der Waals surface area contributed by atoms with Crippen molar-refractivity contribution < 1.29 is 4.74 Å². The summed E-state index contributed by atoms with van der Waals surface area (Å²) in [5, 5.41) is 0. The van der Waals surface area contributed by atoms with Crippen LogP contribution in [0.3, 0.4) is 0 Å². The minimum Gasteiger partial charge on any atom is -0.490 e. The third kappa shape index (κ3) is 3.05. The van der Waals surface area contributed by atoms with Crippen molar-refractivity contribution in [1.29, 1.82) is 0 Å². The Morgan fingerprint density at radius 1 is 1.10 bits per heavy atom. The molecule has 2 aliphatic heterocycles. The molecule has 2 N–H and O–H groups in total. The van der Waals surface area contributed by atoms with Gasteiger partial charge < -0.3 is 20.3 Å². The number of hydrogen-bond acceptors (Lipinski definition) is 6. The second-order valence-electron chi connectivity index (χ2n) is 5.93. The number of aromatic nitrogens is 2. The van der Waals surface area contributed by atoms with E-state index in [0.29, 0.717) is 11.6 Å². The molecule has 1 aromatic heterocycles. The number of piperidine rings is 2. The largest absolute Gasteiger partial charge is 0.490 e. The van der Waals surface area contributed by atoms with Crippen molar-refractivity contribution >= 4 is 11.6 Å². The third-order valence-corrected chi connectivity index (χ3v) is 4.69. The van der Waals surface area contributed by atoms with Crippen LogP contribution in [0, 0.1) is 0 Å². The van der Waals surface area contributed by atoms with E-state index in [2.05, 4.69) is 19.8 Å². The summed E-state index contributed by atoms with van der Waals surface area (Å²) in [7, 11) is 1.62. The zero-order chi connectivity index (χ0) is 14.7. The number of nitrogens with two attached hydrogens (primary N) is 1. The van der Waals surface area contributed by atoms with Crippen molar-refractivity contribution in [3.8, 4) is 5.75 Å². The Kier molecular flexibility index (Phi) is 4.43. The van der Waals surface area contributed by atoms with Gasteiger partial charge in [0.2, 0.25) is 5.75 Å². The first-order chi connectivity index (χ1) is 10.3. The molecule has 2 aliphatic rings. The second kappa shape index (κ2) is 6.47. The van der Waals surface area contributed by atoms with Crippen LogP contribution in [0.1, 0.15) is 32.1 Å². The van der Waals surface area contributed by atoms with E-state index >= 15 is 0 Å². The van der Waals surface area contributed by atoms with Gasteiger partial charge in [0.15, 0.2) is 11.6 Å². The molecular formula is C15H25N5O. The lowest BCUT2D eigenvalue weighted by molar-refractivity contribution is 0.141. The number of nitrogens with zero attached hydrogens (tertiary/aromatic N) is 4. The van der Waals surface area contributed by atoms with Gasteiger partial charge in [0.25, 0.3) is 0 Å². The molecule has 21 heavy (non-hydrogen) atoms. The second-order valence-corrected chi connectivity index (χ2v) is 5.93. The van der Waals surface area contributed by atoms with Crippen molar-refractivity contribution in [2.75, 3.05) is 43.9 Å².